The fourth-order valence-electron chi connectivity index (χ4n) is 2.56. The largest absolute Gasteiger partial charge is 0.399 e. The van der Waals surface area contributed by atoms with Crippen molar-refractivity contribution in [3.05, 3.63) is 58.1 Å². The fourth-order valence-corrected chi connectivity index (χ4v) is 2.91. The van der Waals surface area contributed by atoms with E-state index in [1.807, 2.05) is 57.4 Å². The molecular formula is C21H28BrN5O2. The molecule has 2 aromatic heterocycles. The first-order chi connectivity index (χ1) is 14.0. The number of pyridine rings is 2. The number of hydrogen-bond donors (Lipinski definition) is 0. The molecule has 29 heavy (non-hydrogen) atoms. The SMILES string of the molecule is CON=C(C)c1cccc(CCCON=C(CCN(C)C)c2cccc(Br)n2)n1. The van der Waals surface area contributed by atoms with Crippen molar-refractivity contribution in [1.82, 2.24) is 14.9 Å². The maximum atomic E-state index is 5.60. The molecule has 0 spiro atoms. The minimum atomic E-state index is 0.510. The van der Waals surface area contributed by atoms with Crippen molar-refractivity contribution in [1.29, 1.82) is 0 Å². The lowest BCUT2D eigenvalue weighted by Gasteiger charge is -2.11. The number of hydrogen-bond acceptors (Lipinski definition) is 7. The van der Waals surface area contributed by atoms with E-state index in [1.54, 1.807) is 0 Å². The van der Waals surface area contributed by atoms with Gasteiger partial charge in [0.25, 0.3) is 0 Å². The third kappa shape index (κ3) is 8.29. The van der Waals surface area contributed by atoms with E-state index < -0.39 is 0 Å². The van der Waals surface area contributed by atoms with E-state index in [2.05, 4.69) is 41.1 Å². The predicted molar refractivity (Wildman–Crippen MR) is 119 cm³/mol. The highest BCUT2D eigenvalue weighted by Gasteiger charge is 2.08. The van der Waals surface area contributed by atoms with Crippen molar-refractivity contribution in [2.45, 2.75) is 26.2 Å². The van der Waals surface area contributed by atoms with Crippen molar-refractivity contribution in [2.75, 3.05) is 34.4 Å². The zero-order valence-electron chi connectivity index (χ0n) is 17.4. The maximum absolute atomic E-state index is 5.60. The molecule has 0 radical (unpaired) electrons. The number of halogens is 1. The number of oxime groups is 2. The second-order valence-corrected chi connectivity index (χ2v) is 7.56. The van der Waals surface area contributed by atoms with E-state index in [9.17, 15) is 0 Å². The molecule has 2 rings (SSSR count). The molecule has 0 saturated heterocycles. The van der Waals surface area contributed by atoms with Crippen LogP contribution in [0.25, 0.3) is 0 Å². The Morgan fingerprint density at radius 3 is 2.55 bits per heavy atom. The van der Waals surface area contributed by atoms with Gasteiger partial charge in [-0.25, -0.2) is 4.98 Å². The van der Waals surface area contributed by atoms with Gasteiger partial charge in [0.2, 0.25) is 0 Å². The van der Waals surface area contributed by atoms with Gasteiger partial charge in [-0.15, -0.1) is 0 Å². The van der Waals surface area contributed by atoms with Gasteiger partial charge < -0.3 is 14.6 Å². The molecule has 2 heterocycles. The fraction of sp³-hybridized carbons (Fsp3) is 0.429. The Balaban J connectivity index is 1.92. The lowest BCUT2D eigenvalue weighted by atomic mass is 10.2. The summed E-state index contributed by atoms with van der Waals surface area (Å²) in [4.78, 5) is 21.6. The monoisotopic (exact) mass is 461 g/mol. The lowest BCUT2D eigenvalue weighted by molar-refractivity contribution is 0.141. The van der Waals surface area contributed by atoms with Crippen LogP contribution in [0.15, 0.2) is 51.3 Å². The third-order valence-corrected chi connectivity index (χ3v) is 4.50. The van der Waals surface area contributed by atoms with Crippen molar-refractivity contribution in [2.24, 2.45) is 10.3 Å². The van der Waals surface area contributed by atoms with Crippen LogP contribution < -0.4 is 0 Å². The van der Waals surface area contributed by atoms with Gasteiger partial charge in [-0.05, 0) is 74.1 Å². The summed E-state index contributed by atoms with van der Waals surface area (Å²) in [5.41, 5.74) is 4.22. The normalized spacial score (nSPS) is 12.3. The van der Waals surface area contributed by atoms with Crippen LogP contribution in [-0.4, -0.2) is 60.6 Å². The first-order valence-electron chi connectivity index (χ1n) is 9.50. The number of aromatic nitrogens is 2. The van der Waals surface area contributed by atoms with Crippen LogP contribution in [0.2, 0.25) is 0 Å². The smallest absolute Gasteiger partial charge is 0.117 e. The minimum Gasteiger partial charge on any atom is -0.399 e. The molecule has 0 N–H and O–H groups in total. The summed E-state index contributed by atoms with van der Waals surface area (Å²) in [7, 11) is 5.60. The Morgan fingerprint density at radius 1 is 1.07 bits per heavy atom. The highest BCUT2D eigenvalue weighted by Crippen LogP contribution is 2.10. The second kappa shape index (κ2) is 12.3. The van der Waals surface area contributed by atoms with Crippen LogP contribution in [0.1, 0.15) is 36.8 Å². The Labute approximate surface area is 180 Å². The summed E-state index contributed by atoms with van der Waals surface area (Å²) in [5, 5.41) is 8.29. The molecular weight excluding hydrogens is 434 g/mol. The van der Waals surface area contributed by atoms with Gasteiger partial charge in [0.1, 0.15) is 29.7 Å². The number of nitrogens with zero attached hydrogens (tertiary/aromatic N) is 5. The molecule has 0 aliphatic carbocycles. The molecule has 0 aliphatic rings. The van der Waals surface area contributed by atoms with E-state index in [0.717, 1.165) is 58.9 Å². The highest BCUT2D eigenvalue weighted by atomic mass is 79.9. The Kier molecular flexibility index (Phi) is 9.73. The summed E-state index contributed by atoms with van der Waals surface area (Å²) in [6, 6.07) is 11.7. The van der Waals surface area contributed by atoms with Crippen LogP contribution in [0, 0.1) is 0 Å². The van der Waals surface area contributed by atoms with Gasteiger partial charge in [0.05, 0.1) is 11.4 Å². The van der Waals surface area contributed by atoms with Gasteiger partial charge in [0.15, 0.2) is 0 Å². The topological polar surface area (TPSA) is 72.2 Å². The standard InChI is InChI=1S/C21H28BrN5O2/c1-16(25-28-4)18-10-5-8-17(23-18)9-7-15-29-26-20(13-14-27(2)3)19-11-6-12-21(22)24-19/h5-6,8,10-12H,7,9,13-15H2,1-4H3. The van der Waals surface area contributed by atoms with Gasteiger partial charge in [-0.1, -0.05) is 22.4 Å². The van der Waals surface area contributed by atoms with Crippen LogP contribution in [0.4, 0.5) is 0 Å². The molecule has 8 heteroatoms. The van der Waals surface area contributed by atoms with Crippen molar-refractivity contribution >= 4 is 27.4 Å². The molecule has 0 aliphatic heterocycles. The van der Waals surface area contributed by atoms with E-state index in [0.29, 0.717) is 6.61 Å². The van der Waals surface area contributed by atoms with E-state index in [1.165, 1.54) is 7.11 Å². The van der Waals surface area contributed by atoms with Gasteiger partial charge in [-0.3, -0.25) is 4.98 Å². The molecule has 7 nitrogen and oxygen atoms in total. The van der Waals surface area contributed by atoms with Crippen LogP contribution >= 0.6 is 15.9 Å². The average Bonchev–Trinajstić information content (AvgIpc) is 2.70. The molecule has 0 fully saturated rings. The van der Waals surface area contributed by atoms with Gasteiger partial charge >= 0.3 is 0 Å². The molecule has 0 bridgehead atoms. The summed E-state index contributed by atoms with van der Waals surface area (Å²) in [5.74, 6) is 0. The molecule has 2 aromatic rings. The molecule has 0 unspecified atom stereocenters. The number of rotatable bonds is 11. The first kappa shape index (κ1) is 23.0. The van der Waals surface area contributed by atoms with Crippen molar-refractivity contribution in [3.8, 4) is 0 Å². The average molecular weight is 462 g/mol. The molecule has 156 valence electrons. The number of aryl methyl sites for hydroxylation is 1. The lowest BCUT2D eigenvalue weighted by Crippen LogP contribution is -2.18. The van der Waals surface area contributed by atoms with Gasteiger partial charge in [-0.2, -0.15) is 0 Å². The molecule has 0 amide bonds. The molecule has 0 aromatic carbocycles. The third-order valence-electron chi connectivity index (χ3n) is 4.06. The second-order valence-electron chi connectivity index (χ2n) is 6.75. The Morgan fingerprint density at radius 2 is 1.83 bits per heavy atom. The Hall–Kier alpha value is -2.32. The van der Waals surface area contributed by atoms with Crippen molar-refractivity contribution in [3.63, 3.8) is 0 Å². The van der Waals surface area contributed by atoms with Crippen molar-refractivity contribution < 1.29 is 9.68 Å². The molecule has 0 atom stereocenters. The van der Waals surface area contributed by atoms with Crippen LogP contribution in [-0.2, 0) is 16.1 Å². The zero-order valence-corrected chi connectivity index (χ0v) is 19.0. The maximum Gasteiger partial charge on any atom is 0.117 e. The predicted octanol–water partition coefficient (Wildman–Crippen LogP) is 3.91. The van der Waals surface area contributed by atoms with Crippen LogP contribution in [0.5, 0.6) is 0 Å². The highest BCUT2D eigenvalue weighted by molar-refractivity contribution is 9.10. The van der Waals surface area contributed by atoms with Gasteiger partial charge in [0, 0.05) is 18.7 Å². The summed E-state index contributed by atoms with van der Waals surface area (Å²) < 4.78 is 0.783. The quantitative estimate of drug-likeness (QED) is 0.219. The first-order valence-corrected chi connectivity index (χ1v) is 10.3. The Bertz CT molecular complexity index is 839. The summed E-state index contributed by atoms with van der Waals surface area (Å²) in [6.45, 7) is 3.25. The summed E-state index contributed by atoms with van der Waals surface area (Å²) >= 11 is 3.41. The zero-order chi connectivity index (χ0) is 21.1. The minimum absolute atomic E-state index is 0.510. The summed E-state index contributed by atoms with van der Waals surface area (Å²) in [6.07, 6.45) is 2.37. The molecule has 0 saturated carbocycles. The van der Waals surface area contributed by atoms with E-state index in [-0.39, 0.29) is 0 Å². The van der Waals surface area contributed by atoms with E-state index in [4.69, 9.17) is 9.68 Å². The van der Waals surface area contributed by atoms with Crippen LogP contribution in [0.3, 0.4) is 0 Å². The van der Waals surface area contributed by atoms with E-state index >= 15 is 0 Å².